The fourth-order valence-corrected chi connectivity index (χ4v) is 1.46. The van der Waals surface area contributed by atoms with Crippen molar-refractivity contribution in [3.05, 3.63) is 54.1 Å². The summed E-state index contributed by atoms with van der Waals surface area (Å²) in [5.74, 6) is 0.495. The number of rotatable bonds is 2. The zero-order chi connectivity index (χ0) is 13.0. The molecule has 0 fully saturated rings. The largest absolute Gasteiger partial charge is 0.417 e. The Hall–Kier alpha value is -2.49. The minimum absolute atomic E-state index is 0.495. The molecule has 2 aromatic carbocycles. The second kappa shape index (κ2) is 5.23. The van der Waals surface area contributed by atoms with Crippen LogP contribution in [0.15, 0.2) is 48.5 Å². The second-order valence-electron chi connectivity index (χ2n) is 3.90. The predicted molar refractivity (Wildman–Crippen MR) is 71.7 cm³/mol. The Morgan fingerprint density at radius 2 is 1.89 bits per heavy atom. The molecule has 4 nitrogen and oxygen atoms in total. The van der Waals surface area contributed by atoms with E-state index in [2.05, 4.69) is 5.32 Å². The van der Waals surface area contributed by atoms with Crippen molar-refractivity contribution in [1.82, 2.24) is 0 Å². The number of nitrogens with two attached hydrogens (primary N) is 1. The highest BCUT2D eigenvalue weighted by atomic mass is 16.6. The molecule has 0 atom stereocenters. The number of hydrogen-bond acceptors (Lipinski definition) is 3. The smallest absolute Gasteiger partial charge is 0.410 e. The Bertz CT molecular complexity index is 553. The third-order valence-electron chi connectivity index (χ3n) is 2.48. The number of carbonyl (C=O) groups is 1. The number of amides is 1. The highest BCUT2D eigenvalue weighted by Crippen LogP contribution is 2.17. The highest BCUT2D eigenvalue weighted by Gasteiger charge is 2.05. The molecule has 0 unspecified atom stereocenters. The first-order valence-electron chi connectivity index (χ1n) is 5.55. The van der Waals surface area contributed by atoms with Crippen LogP contribution in [-0.2, 0) is 0 Å². The summed E-state index contributed by atoms with van der Waals surface area (Å²) in [6.07, 6.45) is -0.538. The van der Waals surface area contributed by atoms with Crippen LogP contribution >= 0.6 is 0 Å². The summed E-state index contributed by atoms with van der Waals surface area (Å²) in [6.45, 7) is 1.90. The first-order chi connectivity index (χ1) is 8.65. The molecule has 0 aliphatic carbocycles. The van der Waals surface area contributed by atoms with Gasteiger partial charge in [-0.25, -0.2) is 4.79 Å². The van der Waals surface area contributed by atoms with E-state index in [0.717, 1.165) is 5.56 Å². The van der Waals surface area contributed by atoms with Crippen molar-refractivity contribution in [2.75, 3.05) is 11.1 Å². The maximum Gasteiger partial charge on any atom is 0.417 e. The van der Waals surface area contributed by atoms with Crippen LogP contribution in [0.2, 0.25) is 0 Å². The van der Waals surface area contributed by atoms with Crippen LogP contribution in [0.5, 0.6) is 5.75 Å². The second-order valence-corrected chi connectivity index (χ2v) is 3.90. The van der Waals surface area contributed by atoms with E-state index in [9.17, 15) is 4.79 Å². The first-order valence-corrected chi connectivity index (χ1v) is 5.55. The van der Waals surface area contributed by atoms with Gasteiger partial charge in [-0.05, 0) is 36.8 Å². The number of aryl methyl sites for hydroxylation is 1. The van der Waals surface area contributed by atoms with Gasteiger partial charge >= 0.3 is 6.09 Å². The van der Waals surface area contributed by atoms with Crippen molar-refractivity contribution >= 4 is 17.5 Å². The van der Waals surface area contributed by atoms with E-state index in [1.54, 1.807) is 36.4 Å². The van der Waals surface area contributed by atoms with Gasteiger partial charge < -0.3 is 10.5 Å². The Balaban J connectivity index is 2.01. The fraction of sp³-hybridized carbons (Fsp3) is 0.0714. The lowest BCUT2D eigenvalue weighted by molar-refractivity contribution is 0.215. The molecule has 1 amide bonds. The van der Waals surface area contributed by atoms with Crippen LogP contribution in [0.4, 0.5) is 16.2 Å². The molecule has 4 heteroatoms. The van der Waals surface area contributed by atoms with Crippen LogP contribution < -0.4 is 15.8 Å². The number of para-hydroxylation sites is 1. The van der Waals surface area contributed by atoms with Gasteiger partial charge in [-0.3, -0.25) is 5.32 Å². The van der Waals surface area contributed by atoms with Gasteiger partial charge in [0, 0.05) is 11.4 Å². The Kier molecular flexibility index (Phi) is 3.48. The standard InChI is InChI=1S/C14H14N2O2/c1-10-7-8-11(9-13(10)15)16-14(17)18-12-5-3-2-4-6-12/h2-9H,15H2,1H3,(H,16,17). The third kappa shape index (κ3) is 3.01. The van der Waals surface area contributed by atoms with Crippen molar-refractivity contribution in [1.29, 1.82) is 0 Å². The van der Waals surface area contributed by atoms with Gasteiger partial charge in [0.2, 0.25) is 0 Å². The average molecular weight is 242 g/mol. The van der Waals surface area contributed by atoms with Gasteiger partial charge in [0.05, 0.1) is 0 Å². The zero-order valence-corrected chi connectivity index (χ0v) is 10.0. The van der Waals surface area contributed by atoms with Crippen molar-refractivity contribution in [2.24, 2.45) is 0 Å². The quantitative estimate of drug-likeness (QED) is 0.795. The molecule has 3 N–H and O–H groups in total. The third-order valence-corrected chi connectivity index (χ3v) is 2.48. The number of benzene rings is 2. The first kappa shape index (κ1) is 12.0. The van der Waals surface area contributed by atoms with Crippen molar-refractivity contribution in [2.45, 2.75) is 6.92 Å². The van der Waals surface area contributed by atoms with E-state index >= 15 is 0 Å². The summed E-state index contributed by atoms with van der Waals surface area (Å²) in [5, 5.41) is 2.62. The summed E-state index contributed by atoms with van der Waals surface area (Å²) >= 11 is 0. The topological polar surface area (TPSA) is 64.3 Å². The van der Waals surface area contributed by atoms with Crippen LogP contribution in [0, 0.1) is 6.92 Å². The van der Waals surface area contributed by atoms with E-state index in [-0.39, 0.29) is 0 Å². The molecule has 0 aliphatic heterocycles. The van der Waals surface area contributed by atoms with Crippen LogP contribution in [0.3, 0.4) is 0 Å². The minimum Gasteiger partial charge on any atom is -0.410 e. The summed E-state index contributed by atoms with van der Waals surface area (Å²) < 4.78 is 5.10. The van der Waals surface area contributed by atoms with Gasteiger partial charge in [-0.15, -0.1) is 0 Å². The molecule has 0 heterocycles. The molecule has 0 aliphatic rings. The Morgan fingerprint density at radius 1 is 1.17 bits per heavy atom. The SMILES string of the molecule is Cc1ccc(NC(=O)Oc2ccccc2)cc1N. The predicted octanol–water partition coefficient (Wildman–Crippen LogP) is 3.19. The molecule has 2 aromatic rings. The number of nitrogen functional groups attached to an aromatic ring is 1. The van der Waals surface area contributed by atoms with E-state index in [1.807, 2.05) is 19.1 Å². The minimum atomic E-state index is -0.538. The molecule has 2 rings (SSSR count). The molecule has 0 bridgehead atoms. The van der Waals surface area contributed by atoms with Gasteiger partial charge in [0.25, 0.3) is 0 Å². The van der Waals surface area contributed by atoms with Crippen molar-refractivity contribution in [3.8, 4) is 5.75 Å². The average Bonchev–Trinajstić information content (AvgIpc) is 2.35. The zero-order valence-electron chi connectivity index (χ0n) is 10.0. The number of carbonyl (C=O) groups excluding carboxylic acids is 1. The molecule has 92 valence electrons. The number of anilines is 2. The van der Waals surface area contributed by atoms with Gasteiger partial charge in [0.15, 0.2) is 0 Å². The van der Waals surface area contributed by atoms with Crippen molar-refractivity contribution < 1.29 is 9.53 Å². The summed E-state index contributed by atoms with van der Waals surface area (Å²) in [6, 6.07) is 14.2. The van der Waals surface area contributed by atoms with E-state index < -0.39 is 6.09 Å². The summed E-state index contributed by atoms with van der Waals surface area (Å²) in [4.78, 5) is 11.6. The molecule has 0 spiro atoms. The maximum atomic E-state index is 11.6. The Labute approximate surface area is 105 Å². The maximum absolute atomic E-state index is 11.6. The molecular weight excluding hydrogens is 228 g/mol. The molecule has 0 radical (unpaired) electrons. The van der Waals surface area contributed by atoms with Gasteiger partial charge in [0.1, 0.15) is 5.75 Å². The van der Waals surface area contributed by atoms with Crippen LogP contribution in [0.25, 0.3) is 0 Å². The lowest BCUT2D eigenvalue weighted by Crippen LogP contribution is -2.16. The fourth-order valence-electron chi connectivity index (χ4n) is 1.46. The van der Waals surface area contributed by atoms with Gasteiger partial charge in [-0.1, -0.05) is 24.3 Å². The number of hydrogen-bond donors (Lipinski definition) is 2. The summed E-state index contributed by atoms with van der Waals surface area (Å²) in [7, 11) is 0. The van der Waals surface area contributed by atoms with Gasteiger partial charge in [-0.2, -0.15) is 0 Å². The number of nitrogens with one attached hydrogen (secondary N) is 1. The van der Waals surface area contributed by atoms with E-state index in [0.29, 0.717) is 17.1 Å². The molecule has 0 saturated heterocycles. The normalized spacial score (nSPS) is 9.83. The highest BCUT2D eigenvalue weighted by molar-refractivity contribution is 5.87. The molecule has 18 heavy (non-hydrogen) atoms. The monoisotopic (exact) mass is 242 g/mol. The Morgan fingerprint density at radius 3 is 2.56 bits per heavy atom. The molecule has 0 saturated carbocycles. The lowest BCUT2D eigenvalue weighted by Gasteiger charge is -2.08. The van der Waals surface area contributed by atoms with E-state index in [4.69, 9.17) is 10.5 Å². The van der Waals surface area contributed by atoms with Crippen molar-refractivity contribution in [3.63, 3.8) is 0 Å². The van der Waals surface area contributed by atoms with E-state index in [1.165, 1.54) is 0 Å². The molecule has 0 aromatic heterocycles. The van der Waals surface area contributed by atoms with Crippen LogP contribution in [-0.4, -0.2) is 6.09 Å². The molecular formula is C14H14N2O2. The number of ether oxygens (including phenoxy) is 1. The lowest BCUT2D eigenvalue weighted by atomic mass is 10.2. The van der Waals surface area contributed by atoms with Crippen LogP contribution in [0.1, 0.15) is 5.56 Å². The summed E-state index contributed by atoms with van der Waals surface area (Å²) in [5.41, 5.74) is 7.97.